The number of hydrogen-bond acceptors (Lipinski definition) is 2. The lowest BCUT2D eigenvalue weighted by Crippen LogP contribution is -2.32. The number of hydrogen-bond donors (Lipinski definition) is 2. The van der Waals surface area contributed by atoms with Gasteiger partial charge in [0.15, 0.2) is 0 Å². The third-order valence-electron chi connectivity index (χ3n) is 3.12. The van der Waals surface area contributed by atoms with Crippen molar-refractivity contribution < 1.29 is 9.18 Å². The second-order valence-electron chi connectivity index (χ2n) is 4.94. The van der Waals surface area contributed by atoms with Crippen molar-refractivity contribution in [2.45, 2.75) is 19.9 Å². The molecule has 0 aliphatic rings. The zero-order chi connectivity index (χ0) is 16.3. The van der Waals surface area contributed by atoms with Gasteiger partial charge in [0, 0.05) is 10.2 Å². The number of carbonyl (C=O) groups is 1. The number of anilines is 2. The highest BCUT2D eigenvalue weighted by molar-refractivity contribution is 9.10. The van der Waals surface area contributed by atoms with Gasteiger partial charge in [0.25, 0.3) is 0 Å². The molecular weight excluding hydrogens is 371 g/mol. The van der Waals surface area contributed by atoms with Crippen molar-refractivity contribution >= 4 is 44.8 Å². The molecule has 0 aromatic heterocycles. The first-order valence-electron chi connectivity index (χ1n) is 6.65. The molecule has 1 amide bonds. The quantitative estimate of drug-likeness (QED) is 0.778. The van der Waals surface area contributed by atoms with Gasteiger partial charge in [-0.05, 0) is 55.8 Å². The number of nitrogens with one attached hydrogen (secondary N) is 2. The average Bonchev–Trinajstić information content (AvgIpc) is 2.45. The van der Waals surface area contributed by atoms with Crippen molar-refractivity contribution in [1.29, 1.82) is 0 Å². The molecule has 0 radical (unpaired) electrons. The predicted molar refractivity (Wildman–Crippen MR) is 92.0 cm³/mol. The van der Waals surface area contributed by atoms with E-state index in [1.54, 1.807) is 6.92 Å². The van der Waals surface area contributed by atoms with Crippen LogP contribution >= 0.6 is 27.5 Å². The lowest BCUT2D eigenvalue weighted by molar-refractivity contribution is -0.116. The first-order chi connectivity index (χ1) is 10.4. The molecule has 22 heavy (non-hydrogen) atoms. The second-order valence-corrected chi connectivity index (χ2v) is 6.20. The molecule has 116 valence electrons. The topological polar surface area (TPSA) is 41.1 Å². The van der Waals surface area contributed by atoms with Crippen LogP contribution in [0.2, 0.25) is 5.02 Å². The van der Waals surface area contributed by atoms with Gasteiger partial charge < -0.3 is 10.6 Å². The van der Waals surface area contributed by atoms with Crippen LogP contribution in [0.5, 0.6) is 0 Å². The minimum absolute atomic E-state index is 0.167. The van der Waals surface area contributed by atoms with E-state index in [1.165, 1.54) is 12.1 Å². The number of rotatable bonds is 4. The van der Waals surface area contributed by atoms with E-state index in [1.807, 2.05) is 25.1 Å². The molecule has 2 rings (SSSR count). The molecule has 2 N–H and O–H groups in total. The first-order valence-corrected chi connectivity index (χ1v) is 7.82. The van der Waals surface area contributed by atoms with Crippen molar-refractivity contribution in [2.75, 3.05) is 10.6 Å². The molecule has 0 bridgehead atoms. The van der Waals surface area contributed by atoms with Gasteiger partial charge in [-0.3, -0.25) is 4.79 Å². The minimum atomic E-state index is -0.471. The van der Waals surface area contributed by atoms with Crippen LogP contribution in [0.4, 0.5) is 15.8 Å². The number of halogens is 3. The fourth-order valence-electron chi connectivity index (χ4n) is 1.88. The number of amides is 1. The third kappa shape index (κ3) is 4.21. The second kappa shape index (κ2) is 7.11. The molecule has 0 fully saturated rings. The van der Waals surface area contributed by atoms with E-state index in [0.29, 0.717) is 5.69 Å². The van der Waals surface area contributed by atoms with Crippen molar-refractivity contribution in [1.82, 2.24) is 0 Å². The van der Waals surface area contributed by atoms with E-state index >= 15 is 0 Å². The molecule has 0 aliphatic carbocycles. The number of aryl methyl sites for hydroxylation is 1. The van der Waals surface area contributed by atoms with E-state index in [9.17, 15) is 9.18 Å². The van der Waals surface area contributed by atoms with Crippen molar-refractivity contribution in [2.24, 2.45) is 0 Å². The molecule has 1 atom stereocenters. The Bertz CT molecular complexity index is 709. The summed E-state index contributed by atoms with van der Waals surface area (Å²) in [6, 6.07) is 9.11. The third-order valence-corrected chi connectivity index (χ3v) is 4.33. The van der Waals surface area contributed by atoms with E-state index in [0.717, 1.165) is 21.8 Å². The smallest absolute Gasteiger partial charge is 0.246 e. The SMILES string of the molecule is Cc1cc(NC(C)C(=O)Nc2ccc(F)cc2Cl)ccc1Br. The van der Waals surface area contributed by atoms with Gasteiger partial charge in [0.2, 0.25) is 5.91 Å². The number of benzene rings is 2. The summed E-state index contributed by atoms with van der Waals surface area (Å²) < 4.78 is 14.0. The van der Waals surface area contributed by atoms with Crippen LogP contribution in [-0.2, 0) is 4.79 Å². The molecule has 0 saturated heterocycles. The lowest BCUT2D eigenvalue weighted by atomic mass is 10.2. The van der Waals surface area contributed by atoms with Crippen LogP contribution in [-0.4, -0.2) is 11.9 Å². The van der Waals surface area contributed by atoms with Crippen molar-refractivity contribution in [3.63, 3.8) is 0 Å². The summed E-state index contributed by atoms with van der Waals surface area (Å²) in [7, 11) is 0. The summed E-state index contributed by atoms with van der Waals surface area (Å²) in [5.41, 5.74) is 2.29. The highest BCUT2D eigenvalue weighted by Gasteiger charge is 2.14. The largest absolute Gasteiger partial charge is 0.374 e. The van der Waals surface area contributed by atoms with Crippen molar-refractivity contribution in [3.8, 4) is 0 Å². The van der Waals surface area contributed by atoms with Gasteiger partial charge in [0.05, 0.1) is 10.7 Å². The molecule has 0 heterocycles. The zero-order valence-electron chi connectivity index (χ0n) is 12.1. The summed E-state index contributed by atoms with van der Waals surface area (Å²) in [4.78, 5) is 12.2. The highest BCUT2D eigenvalue weighted by atomic mass is 79.9. The fourth-order valence-corrected chi connectivity index (χ4v) is 2.34. The van der Waals surface area contributed by atoms with Gasteiger partial charge in [-0.1, -0.05) is 27.5 Å². The lowest BCUT2D eigenvalue weighted by Gasteiger charge is -2.16. The monoisotopic (exact) mass is 384 g/mol. The van der Waals surface area contributed by atoms with Gasteiger partial charge in [-0.15, -0.1) is 0 Å². The summed E-state index contributed by atoms with van der Waals surface area (Å²) in [5.74, 6) is -0.700. The van der Waals surface area contributed by atoms with E-state index in [-0.39, 0.29) is 10.9 Å². The average molecular weight is 386 g/mol. The highest BCUT2D eigenvalue weighted by Crippen LogP contribution is 2.23. The summed E-state index contributed by atoms with van der Waals surface area (Å²) in [5, 5.41) is 5.95. The van der Waals surface area contributed by atoms with Gasteiger partial charge in [0.1, 0.15) is 11.9 Å². The Kier molecular flexibility index (Phi) is 5.42. The van der Waals surface area contributed by atoms with E-state index in [2.05, 4.69) is 26.6 Å². The predicted octanol–water partition coefficient (Wildman–Crippen LogP) is 4.99. The van der Waals surface area contributed by atoms with Crippen molar-refractivity contribution in [3.05, 3.63) is 57.3 Å². The summed E-state index contributed by atoms with van der Waals surface area (Å²) in [6.07, 6.45) is 0. The van der Waals surface area contributed by atoms with Crippen LogP contribution in [0.15, 0.2) is 40.9 Å². The number of carbonyl (C=O) groups excluding carboxylic acids is 1. The van der Waals surface area contributed by atoms with Crippen LogP contribution in [0.3, 0.4) is 0 Å². The first kappa shape index (κ1) is 16.8. The maximum absolute atomic E-state index is 13.0. The zero-order valence-corrected chi connectivity index (χ0v) is 14.4. The molecule has 0 aliphatic heterocycles. The molecule has 1 unspecified atom stereocenters. The molecule has 6 heteroatoms. The normalized spacial score (nSPS) is 11.9. The Morgan fingerprint density at radius 3 is 2.64 bits per heavy atom. The molecule has 0 spiro atoms. The molecule has 3 nitrogen and oxygen atoms in total. The molecule has 0 saturated carbocycles. The van der Waals surface area contributed by atoms with Crippen LogP contribution in [0.25, 0.3) is 0 Å². The fraction of sp³-hybridized carbons (Fsp3) is 0.188. The Hall–Kier alpha value is -1.59. The molecule has 2 aromatic carbocycles. The van der Waals surface area contributed by atoms with Crippen LogP contribution in [0.1, 0.15) is 12.5 Å². The molecule has 2 aromatic rings. The Morgan fingerprint density at radius 1 is 1.27 bits per heavy atom. The Labute approximate surface area is 142 Å². The maximum Gasteiger partial charge on any atom is 0.246 e. The van der Waals surface area contributed by atoms with Gasteiger partial charge in [-0.2, -0.15) is 0 Å². The molecular formula is C16H15BrClFN2O. The maximum atomic E-state index is 13.0. The summed E-state index contributed by atoms with van der Waals surface area (Å²) in [6.45, 7) is 3.71. The van der Waals surface area contributed by atoms with Gasteiger partial charge in [-0.25, -0.2) is 4.39 Å². The van der Waals surface area contributed by atoms with Crippen LogP contribution < -0.4 is 10.6 Å². The van der Waals surface area contributed by atoms with Crippen LogP contribution in [0, 0.1) is 12.7 Å². The van der Waals surface area contributed by atoms with E-state index in [4.69, 9.17) is 11.6 Å². The Balaban J connectivity index is 2.04. The van der Waals surface area contributed by atoms with E-state index < -0.39 is 11.9 Å². The Morgan fingerprint density at radius 2 is 2.00 bits per heavy atom. The van der Waals surface area contributed by atoms with Gasteiger partial charge >= 0.3 is 0 Å². The standard InChI is InChI=1S/C16H15BrClFN2O/c1-9-7-12(4-5-13(9)17)20-10(2)16(22)21-15-6-3-11(19)8-14(15)18/h3-8,10,20H,1-2H3,(H,21,22). The summed E-state index contributed by atoms with van der Waals surface area (Å²) >= 11 is 9.33. The minimum Gasteiger partial charge on any atom is -0.374 e.